The highest BCUT2D eigenvalue weighted by Crippen LogP contribution is 2.36. The van der Waals surface area contributed by atoms with Gasteiger partial charge in [0.1, 0.15) is 5.82 Å². The number of hydrogen-bond acceptors (Lipinski definition) is 3. The van der Waals surface area contributed by atoms with Crippen LogP contribution in [0.1, 0.15) is 39.2 Å². The lowest BCUT2D eigenvalue weighted by atomic mass is 10.00. The Morgan fingerprint density at radius 1 is 1.13 bits per heavy atom. The molecule has 0 aliphatic heterocycles. The Morgan fingerprint density at radius 2 is 1.83 bits per heavy atom. The zero-order chi connectivity index (χ0) is 21.4. The van der Waals surface area contributed by atoms with Gasteiger partial charge in [0.05, 0.1) is 22.3 Å². The van der Waals surface area contributed by atoms with Crippen LogP contribution < -0.4 is 11.4 Å². The third-order valence-electron chi connectivity index (χ3n) is 5.72. The minimum Gasteiger partial charge on any atom is -0.382 e. The van der Waals surface area contributed by atoms with Gasteiger partial charge in [-0.2, -0.15) is 5.10 Å². The number of rotatable bonds is 6. The molecule has 0 aliphatic rings. The van der Waals surface area contributed by atoms with Crippen molar-refractivity contribution in [3.05, 3.63) is 58.8 Å². The van der Waals surface area contributed by atoms with E-state index in [4.69, 9.17) is 5.73 Å². The van der Waals surface area contributed by atoms with Crippen molar-refractivity contribution in [3.8, 4) is 22.4 Å². The standard InChI is InChI=1S/C23H26FN5O/c1-4-5-6-14(2)29-18-12-9-16(13-19(18)28(3)23(29)30)20-21(26-27-22(20)25)15-7-10-17(24)11-8-15/h7-14H,4-6H2,1-3H3,(H3,25,26,27). The van der Waals surface area contributed by atoms with Crippen LogP contribution in [0.3, 0.4) is 0 Å². The number of anilines is 1. The lowest BCUT2D eigenvalue weighted by Crippen LogP contribution is -2.24. The molecule has 0 spiro atoms. The molecule has 0 saturated heterocycles. The molecule has 0 saturated carbocycles. The zero-order valence-corrected chi connectivity index (χ0v) is 17.4. The van der Waals surface area contributed by atoms with E-state index in [1.54, 1.807) is 23.7 Å². The fourth-order valence-electron chi connectivity index (χ4n) is 4.05. The second kappa shape index (κ2) is 7.82. The second-order valence-electron chi connectivity index (χ2n) is 7.77. The maximum atomic E-state index is 13.3. The molecular formula is C23H26FN5O. The van der Waals surface area contributed by atoms with Crippen molar-refractivity contribution in [2.75, 3.05) is 5.73 Å². The van der Waals surface area contributed by atoms with Crippen LogP contribution in [-0.2, 0) is 7.05 Å². The van der Waals surface area contributed by atoms with E-state index >= 15 is 0 Å². The normalized spacial score (nSPS) is 12.5. The summed E-state index contributed by atoms with van der Waals surface area (Å²) in [6.07, 6.45) is 3.13. The first-order valence-corrected chi connectivity index (χ1v) is 10.2. The predicted octanol–water partition coefficient (Wildman–Crippen LogP) is 4.87. The molecule has 1 unspecified atom stereocenters. The molecule has 3 N–H and O–H groups in total. The third kappa shape index (κ3) is 3.30. The van der Waals surface area contributed by atoms with E-state index in [1.807, 2.05) is 22.8 Å². The first kappa shape index (κ1) is 19.9. The number of aromatic nitrogens is 4. The summed E-state index contributed by atoms with van der Waals surface area (Å²) in [6.45, 7) is 4.24. The summed E-state index contributed by atoms with van der Waals surface area (Å²) in [4.78, 5) is 12.9. The summed E-state index contributed by atoms with van der Waals surface area (Å²) in [7, 11) is 1.79. The first-order valence-electron chi connectivity index (χ1n) is 10.2. The fraction of sp³-hybridized carbons (Fsp3) is 0.304. The average molecular weight is 407 g/mol. The molecule has 2 aromatic heterocycles. The van der Waals surface area contributed by atoms with Crippen LogP contribution in [-0.4, -0.2) is 19.3 Å². The van der Waals surface area contributed by atoms with Crippen LogP contribution >= 0.6 is 0 Å². The summed E-state index contributed by atoms with van der Waals surface area (Å²) in [5.41, 5.74) is 11.0. The highest BCUT2D eigenvalue weighted by Gasteiger charge is 2.19. The van der Waals surface area contributed by atoms with Crippen molar-refractivity contribution < 1.29 is 4.39 Å². The number of unbranched alkanes of at least 4 members (excludes halogenated alkanes) is 1. The number of H-pyrrole nitrogens is 1. The first-order chi connectivity index (χ1) is 14.4. The topological polar surface area (TPSA) is 81.6 Å². The number of nitrogens with two attached hydrogens (primary N) is 1. The molecule has 30 heavy (non-hydrogen) atoms. The Labute approximate surface area is 174 Å². The summed E-state index contributed by atoms with van der Waals surface area (Å²) in [6, 6.07) is 12.2. The van der Waals surface area contributed by atoms with E-state index in [9.17, 15) is 9.18 Å². The van der Waals surface area contributed by atoms with Crippen LogP contribution in [0.2, 0.25) is 0 Å². The molecule has 2 aromatic carbocycles. The number of benzene rings is 2. The Hall–Kier alpha value is -3.35. The Bertz CT molecular complexity index is 1250. The SMILES string of the molecule is CCCCC(C)n1c(=O)n(C)c2cc(-c3c(N)n[nH]c3-c3ccc(F)cc3)ccc21. The van der Waals surface area contributed by atoms with Gasteiger partial charge in [-0.1, -0.05) is 25.8 Å². The van der Waals surface area contributed by atoms with Gasteiger partial charge in [-0.25, -0.2) is 9.18 Å². The summed E-state index contributed by atoms with van der Waals surface area (Å²) >= 11 is 0. The minimum atomic E-state index is -0.303. The molecule has 6 nitrogen and oxygen atoms in total. The number of aryl methyl sites for hydroxylation is 1. The molecular weight excluding hydrogens is 381 g/mol. The molecule has 4 aromatic rings. The van der Waals surface area contributed by atoms with E-state index in [0.29, 0.717) is 11.5 Å². The monoisotopic (exact) mass is 407 g/mol. The van der Waals surface area contributed by atoms with Crippen LogP contribution in [0.15, 0.2) is 47.3 Å². The molecule has 7 heteroatoms. The number of imidazole rings is 1. The summed E-state index contributed by atoms with van der Waals surface area (Å²) in [5, 5.41) is 7.12. The molecule has 0 fully saturated rings. The summed E-state index contributed by atoms with van der Waals surface area (Å²) in [5.74, 6) is 0.0529. The predicted molar refractivity (Wildman–Crippen MR) is 119 cm³/mol. The van der Waals surface area contributed by atoms with Crippen molar-refractivity contribution in [1.29, 1.82) is 0 Å². The van der Waals surface area contributed by atoms with Gasteiger partial charge in [0.15, 0.2) is 5.82 Å². The van der Waals surface area contributed by atoms with E-state index in [0.717, 1.165) is 47.0 Å². The van der Waals surface area contributed by atoms with Gasteiger partial charge in [-0.15, -0.1) is 0 Å². The van der Waals surface area contributed by atoms with Gasteiger partial charge in [0.25, 0.3) is 0 Å². The smallest absolute Gasteiger partial charge is 0.329 e. The highest BCUT2D eigenvalue weighted by molar-refractivity contribution is 5.92. The molecule has 2 heterocycles. The van der Waals surface area contributed by atoms with Crippen molar-refractivity contribution in [1.82, 2.24) is 19.3 Å². The van der Waals surface area contributed by atoms with Crippen molar-refractivity contribution >= 4 is 16.9 Å². The number of fused-ring (bicyclic) bond motifs is 1. The van der Waals surface area contributed by atoms with Gasteiger partial charge in [0.2, 0.25) is 0 Å². The Balaban J connectivity index is 1.85. The van der Waals surface area contributed by atoms with E-state index in [-0.39, 0.29) is 17.5 Å². The number of nitrogens with one attached hydrogen (secondary N) is 1. The van der Waals surface area contributed by atoms with Crippen molar-refractivity contribution in [3.63, 3.8) is 0 Å². The van der Waals surface area contributed by atoms with Gasteiger partial charge in [-0.05, 0) is 55.3 Å². The van der Waals surface area contributed by atoms with Gasteiger partial charge < -0.3 is 5.73 Å². The summed E-state index contributed by atoms with van der Waals surface area (Å²) < 4.78 is 16.9. The average Bonchev–Trinajstić information content (AvgIpc) is 3.24. The van der Waals surface area contributed by atoms with E-state index < -0.39 is 0 Å². The lowest BCUT2D eigenvalue weighted by molar-refractivity contribution is 0.479. The van der Waals surface area contributed by atoms with Crippen molar-refractivity contribution in [2.45, 2.75) is 39.2 Å². The Morgan fingerprint density at radius 3 is 2.53 bits per heavy atom. The van der Waals surface area contributed by atoms with Crippen LogP contribution in [0, 0.1) is 5.82 Å². The maximum absolute atomic E-state index is 13.3. The number of nitrogens with zero attached hydrogens (tertiary/aromatic N) is 3. The molecule has 0 bridgehead atoms. The molecule has 0 amide bonds. The number of hydrogen-bond donors (Lipinski definition) is 2. The van der Waals surface area contributed by atoms with Gasteiger partial charge in [0, 0.05) is 18.7 Å². The molecule has 156 valence electrons. The molecule has 0 aliphatic carbocycles. The van der Waals surface area contributed by atoms with Gasteiger partial charge in [-0.3, -0.25) is 14.2 Å². The van der Waals surface area contributed by atoms with Crippen LogP contribution in [0.25, 0.3) is 33.4 Å². The lowest BCUT2D eigenvalue weighted by Gasteiger charge is -2.13. The highest BCUT2D eigenvalue weighted by atomic mass is 19.1. The van der Waals surface area contributed by atoms with Crippen LogP contribution in [0.4, 0.5) is 10.2 Å². The molecule has 4 rings (SSSR count). The largest absolute Gasteiger partial charge is 0.382 e. The van der Waals surface area contributed by atoms with Crippen molar-refractivity contribution in [2.24, 2.45) is 7.05 Å². The number of halogens is 1. The van der Waals surface area contributed by atoms with Crippen LogP contribution in [0.5, 0.6) is 0 Å². The minimum absolute atomic E-state index is 0.0234. The Kier molecular flexibility index (Phi) is 5.20. The van der Waals surface area contributed by atoms with Gasteiger partial charge >= 0.3 is 5.69 Å². The second-order valence-corrected chi connectivity index (χ2v) is 7.77. The molecule has 0 radical (unpaired) electrons. The van der Waals surface area contributed by atoms with E-state index in [1.165, 1.54) is 12.1 Å². The number of nitrogen functional groups attached to an aromatic ring is 1. The maximum Gasteiger partial charge on any atom is 0.329 e. The fourth-order valence-corrected chi connectivity index (χ4v) is 4.05. The van der Waals surface area contributed by atoms with E-state index in [2.05, 4.69) is 24.0 Å². The molecule has 1 atom stereocenters. The third-order valence-corrected chi connectivity index (χ3v) is 5.72. The zero-order valence-electron chi connectivity index (χ0n) is 17.4. The quantitative estimate of drug-likeness (QED) is 0.478. The number of aromatic amines is 1.